The average Bonchev–Trinajstić information content (AvgIpc) is 2.50. The van der Waals surface area contributed by atoms with Gasteiger partial charge in [0, 0.05) is 23.4 Å². The van der Waals surface area contributed by atoms with Crippen LogP contribution in [0.15, 0.2) is 47.2 Å². The highest BCUT2D eigenvalue weighted by atomic mass is 79.9. The van der Waals surface area contributed by atoms with Crippen LogP contribution in [-0.4, -0.2) is 18.6 Å². The van der Waals surface area contributed by atoms with E-state index in [1.165, 1.54) is 5.56 Å². The van der Waals surface area contributed by atoms with Gasteiger partial charge >= 0.3 is 0 Å². The van der Waals surface area contributed by atoms with Gasteiger partial charge in [0.05, 0.1) is 12.8 Å². The van der Waals surface area contributed by atoms with Crippen LogP contribution in [0, 0.1) is 0 Å². The molecule has 20 heavy (non-hydrogen) atoms. The first-order valence-electron chi connectivity index (χ1n) is 6.51. The van der Waals surface area contributed by atoms with Gasteiger partial charge in [-0.05, 0) is 48.7 Å². The van der Waals surface area contributed by atoms with Crippen LogP contribution in [0.1, 0.15) is 12.0 Å². The first-order chi connectivity index (χ1) is 9.79. The molecule has 1 aromatic heterocycles. The van der Waals surface area contributed by atoms with Gasteiger partial charge in [0.15, 0.2) is 0 Å². The van der Waals surface area contributed by atoms with Gasteiger partial charge < -0.3 is 10.2 Å². The number of aryl methyl sites for hydroxylation is 1. The maximum absolute atomic E-state index is 5.24. The SMILES string of the molecule is COc1ccc(Br)c(CCCNNc2ccncc2)c1. The molecule has 0 aliphatic rings. The Hall–Kier alpha value is -1.59. The number of anilines is 1. The average molecular weight is 336 g/mol. The molecule has 0 spiro atoms. The molecule has 106 valence electrons. The number of hydrogen-bond donors (Lipinski definition) is 2. The molecule has 0 aliphatic heterocycles. The quantitative estimate of drug-likeness (QED) is 0.601. The Morgan fingerprint density at radius 2 is 2.00 bits per heavy atom. The number of halogens is 1. The van der Waals surface area contributed by atoms with Crippen molar-refractivity contribution < 1.29 is 4.74 Å². The van der Waals surface area contributed by atoms with Crippen molar-refractivity contribution in [2.45, 2.75) is 12.8 Å². The zero-order valence-electron chi connectivity index (χ0n) is 11.4. The molecule has 0 fully saturated rings. The van der Waals surface area contributed by atoms with Crippen LogP contribution in [-0.2, 0) is 6.42 Å². The predicted molar refractivity (Wildman–Crippen MR) is 84.9 cm³/mol. The summed E-state index contributed by atoms with van der Waals surface area (Å²) in [5.41, 5.74) is 8.61. The predicted octanol–water partition coefficient (Wildman–Crippen LogP) is 3.40. The summed E-state index contributed by atoms with van der Waals surface area (Å²) >= 11 is 3.57. The van der Waals surface area contributed by atoms with Crippen LogP contribution in [0.25, 0.3) is 0 Å². The number of rotatable bonds is 7. The van der Waals surface area contributed by atoms with Crippen molar-refractivity contribution >= 4 is 21.6 Å². The number of pyridine rings is 1. The zero-order chi connectivity index (χ0) is 14.2. The van der Waals surface area contributed by atoms with Gasteiger partial charge in [-0.15, -0.1) is 0 Å². The van der Waals surface area contributed by atoms with Crippen molar-refractivity contribution in [1.29, 1.82) is 0 Å². The Kier molecular flexibility index (Phi) is 5.83. The third-order valence-electron chi connectivity index (χ3n) is 2.91. The summed E-state index contributed by atoms with van der Waals surface area (Å²) in [7, 11) is 1.69. The van der Waals surface area contributed by atoms with Crippen LogP contribution < -0.4 is 15.6 Å². The molecule has 2 rings (SSSR count). The lowest BCUT2D eigenvalue weighted by Gasteiger charge is -2.09. The molecule has 2 N–H and O–H groups in total. The highest BCUT2D eigenvalue weighted by Crippen LogP contribution is 2.23. The molecule has 1 heterocycles. The van der Waals surface area contributed by atoms with E-state index < -0.39 is 0 Å². The standard InChI is InChI=1S/C15H18BrN3O/c1-20-14-4-5-15(16)12(11-14)3-2-8-18-19-13-6-9-17-10-7-13/h4-7,9-11,18H,2-3,8H2,1H3,(H,17,19). The van der Waals surface area contributed by atoms with Gasteiger partial charge in [-0.3, -0.25) is 4.98 Å². The molecule has 0 saturated heterocycles. The second-order valence-corrected chi connectivity index (χ2v) is 5.20. The molecule has 4 nitrogen and oxygen atoms in total. The summed E-state index contributed by atoms with van der Waals surface area (Å²) in [4.78, 5) is 3.97. The molecule has 5 heteroatoms. The second kappa shape index (κ2) is 7.87. The highest BCUT2D eigenvalue weighted by Gasteiger charge is 2.02. The van der Waals surface area contributed by atoms with Crippen molar-refractivity contribution in [3.63, 3.8) is 0 Å². The number of hydrogen-bond acceptors (Lipinski definition) is 4. The van der Waals surface area contributed by atoms with Gasteiger partial charge in [-0.1, -0.05) is 15.9 Å². The smallest absolute Gasteiger partial charge is 0.119 e. The van der Waals surface area contributed by atoms with Crippen LogP contribution in [0.4, 0.5) is 5.69 Å². The van der Waals surface area contributed by atoms with E-state index in [1.54, 1.807) is 19.5 Å². The molecule has 0 amide bonds. The van der Waals surface area contributed by atoms with Gasteiger partial charge in [0.2, 0.25) is 0 Å². The van der Waals surface area contributed by atoms with Crippen molar-refractivity contribution in [3.8, 4) is 5.75 Å². The lowest BCUT2D eigenvalue weighted by molar-refractivity contribution is 0.414. The molecular weight excluding hydrogens is 318 g/mol. The molecule has 0 radical (unpaired) electrons. The summed E-state index contributed by atoms with van der Waals surface area (Å²) in [5.74, 6) is 0.895. The van der Waals surface area contributed by atoms with E-state index in [0.717, 1.165) is 35.3 Å². The molecule has 2 aromatic rings. The minimum absolute atomic E-state index is 0.881. The van der Waals surface area contributed by atoms with E-state index in [1.807, 2.05) is 24.3 Å². The van der Waals surface area contributed by atoms with Crippen LogP contribution in [0.3, 0.4) is 0 Å². The van der Waals surface area contributed by atoms with Crippen LogP contribution in [0.5, 0.6) is 5.75 Å². The van der Waals surface area contributed by atoms with E-state index in [2.05, 4.69) is 37.8 Å². The number of nitrogens with zero attached hydrogens (tertiary/aromatic N) is 1. The fraction of sp³-hybridized carbons (Fsp3) is 0.267. The largest absolute Gasteiger partial charge is 0.497 e. The van der Waals surface area contributed by atoms with Gasteiger partial charge in [-0.2, -0.15) is 0 Å². The number of nitrogens with one attached hydrogen (secondary N) is 2. The minimum atomic E-state index is 0.881. The maximum atomic E-state index is 5.24. The van der Waals surface area contributed by atoms with E-state index in [-0.39, 0.29) is 0 Å². The fourth-order valence-corrected chi connectivity index (χ4v) is 2.28. The minimum Gasteiger partial charge on any atom is -0.497 e. The molecule has 0 unspecified atom stereocenters. The monoisotopic (exact) mass is 335 g/mol. The van der Waals surface area contributed by atoms with E-state index in [4.69, 9.17) is 4.74 Å². The van der Waals surface area contributed by atoms with E-state index >= 15 is 0 Å². The summed E-state index contributed by atoms with van der Waals surface area (Å²) < 4.78 is 6.37. The lowest BCUT2D eigenvalue weighted by Crippen LogP contribution is -2.23. The lowest BCUT2D eigenvalue weighted by atomic mass is 10.1. The first kappa shape index (κ1) is 14.8. The van der Waals surface area contributed by atoms with E-state index in [0.29, 0.717) is 0 Å². The highest BCUT2D eigenvalue weighted by molar-refractivity contribution is 9.10. The van der Waals surface area contributed by atoms with Crippen LogP contribution >= 0.6 is 15.9 Å². The molecule has 1 aromatic carbocycles. The summed E-state index contributed by atoms with van der Waals surface area (Å²) in [6.07, 6.45) is 5.54. The Morgan fingerprint density at radius 3 is 2.75 bits per heavy atom. The first-order valence-corrected chi connectivity index (χ1v) is 7.30. The van der Waals surface area contributed by atoms with Gasteiger partial charge in [-0.25, -0.2) is 5.43 Å². The molecule has 0 aliphatic carbocycles. The normalized spacial score (nSPS) is 10.3. The number of hydrazine groups is 1. The number of aromatic nitrogens is 1. The summed E-state index contributed by atoms with van der Waals surface area (Å²) in [5, 5.41) is 0. The number of methoxy groups -OCH3 is 1. The molecule has 0 saturated carbocycles. The molecule has 0 atom stereocenters. The van der Waals surface area contributed by atoms with Crippen molar-refractivity contribution in [2.75, 3.05) is 19.1 Å². The van der Waals surface area contributed by atoms with E-state index in [9.17, 15) is 0 Å². The number of ether oxygens (including phenoxy) is 1. The summed E-state index contributed by atoms with van der Waals surface area (Å²) in [6.45, 7) is 0.881. The maximum Gasteiger partial charge on any atom is 0.119 e. The number of benzene rings is 1. The fourth-order valence-electron chi connectivity index (χ4n) is 1.84. The van der Waals surface area contributed by atoms with Crippen molar-refractivity contribution in [2.24, 2.45) is 0 Å². The Bertz CT molecular complexity index is 534. The van der Waals surface area contributed by atoms with Crippen molar-refractivity contribution in [1.82, 2.24) is 10.4 Å². The Balaban J connectivity index is 1.73. The topological polar surface area (TPSA) is 46.2 Å². The molecule has 0 bridgehead atoms. The second-order valence-electron chi connectivity index (χ2n) is 4.35. The van der Waals surface area contributed by atoms with Crippen molar-refractivity contribution in [3.05, 3.63) is 52.8 Å². The Labute approximate surface area is 127 Å². The van der Waals surface area contributed by atoms with Gasteiger partial charge in [0.1, 0.15) is 5.75 Å². The zero-order valence-corrected chi connectivity index (χ0v) is 13.0. The Morgan fingerprint density at radius 1 is 1.20 bits per heavy atom. The van der Waals surface area contributed by atoms with Gasteiger partial charge in [0.25, 0.3) is 0 Å². The summed E-state index contributed by atoms with van der Waals surface area (Å²) in [6, 6.07) is 9.89. The third kappa shape index (κ3) is 4.51. The van der Waals surface area contributed by atoms with Crippen LogP contribution in [0.2, 0.25) is 0 Å². The third-order valence-corrected chi connectivity index (χ3v) is 3.69. The molecular formula is C15H18BrN3O.